The summed E-state index contributed by atoms with van der Waals surface area (Å²) in [5, 5.41) is 0. The highest BCUT2D eigenvalue weighted by molar-refractivity contribution is 7.92. The highest BCUT2D eigenvalue weighted by Gasteiger charge is 2.23. The lowest BCUT2D eigenvalue weighted by atomic mass is 10.1. The summed E-state index contributed by atoms with van der Waals surface area (Å²) in [7, 11) is -1.95. The van der Waals surface area contributed by atoms with Crippen LogP contribution in [0.4, 0.5) is 11.4 Å². The molecule has 0 saturated heterocycles. The Kier molecular flexibility index (Phi) is 5.80. The molecule has 0 unspecified atom stereocenters. The number of anilines is 2. The lowest BCUT2D eigenvalue weighted by Crippen LogP contribution is -2.31. The third-order valence-corrected chi connectivity index (χ3v) is 6.39. The molecule has 0 saturated carbocycles. The summed E-state index contributed by atoms with van der Waals surface area (Å²) in [5.74, 6) is -0.160. The van der Waals surface area contributed by atoms with Gasteiger partial charge in [0.05, 0.1) is 10.6 Å². The first-order valence-electron chi connectivity index (χ1n) is 8.96. The monoisotopic (exact) mass is 394 g/mol. The van der Waals surface area contributed by atoms with Gasteiger partial charge >= 0.3 is 0 Å². The van der Waals surface area contributed by atoms with Crippen LogP contribution in [0.15, 0.2) is 89.8 Å². The van der Waals surface area contributed by atoms with Gasteiger partial charge < -0.3 is 4.90 Å². The van der Waals surface area contributed by atoms with Crippen LogP contribution in [-0.2, 0) is 10.0 Å². The number of hydrogen-bond acceptors (Lipinski definition) is 3. The van der Waals surface area contributed by atoms with E-state index in [2.05, 4.69) is 0 Å². The number of amides is 1. The SMILES string of the molecule is CCN(c1ccc(C(=O)N(C)c2ccccc2)cc1)S(=O)(=O)c1ccccc1. The van der Waals surface area contributed by atoms with Gasteiger partial charge in [-0.05, 0) is 55.5 Å². The molecule has 0 radical (unpaired) electrons. The Hall–Kier alpha value is -3.12. The van der Waals surface area contributed by atoms with E-state index in [4.69, 9.17) is 0 Å². The summed E-state index contributed by atoms with van der Waals surface area (Å²) in [5.41, 5.74) is 1.80. The molecule has 3 aromatic rings. The van der Waals surface area contributed by atoms with Crippen LogP contribution in [0.2, 0.25) is 0 Å². The fourth-order valence-electron chi connectivity index (χ4n) is 2.94. The Labute approximate surface area is 165 Å². The third-order valence-electron chi connectivity index (χ3n) is 4.47. The molecule has 144 valence electrons. The number of para-hydroxylation sites is 1. The van der Waals surface area contributed by atoms with Gasteiger partial charge in [0.25, 0.3) is 15.9 Å². The van der Waals surface area contributed by atoms with Crippen LogP contribution in [0.5, 0.6) is 0 Å². The number of hydrogen-bond donors (Lipinski definition) is 0. The van der Waals surface area contributed by atoms with Gasteiger partial charge in [-0.15, -0.1) is 0 Å². The lowest BCUT2D eigenvalue weighted by Gasteiger charge is -2.23. The molecular formula is C22H22N2O3S. The molecule has 0 aliphatic heterocycles. The lowest BCUT2D eigenvalue weighted by molar-refractivity contribution is 0.0993. The van der Waals surface area contributed by atoms with Gasteiger partial charge in [0.1, 0.15) is 0 Å². The molecule has 0 spiro atoms. The third kappa shape index (κ3) is 3.92. The standard InChI is InChI=1S/C22H22N2O3S/c1-3-24(28(26,27)21-12-8-5-9-13-21)20-16-14-18(15-17-20)22(25)23(2)19-10-6-4-7-11-19/h4-17H,3H2,1-2H3. The highest BCUT2D eigenvalue weighted by Crippen LogP contribution is 2.24. The Morgan fingerprint density at radius 1 is 0.786 bits per heavy atom. The van der Waals surface area contributed by atoms with E-state index in [9.17, 15) is 13.2 Å². The maximum absolute atomic E-state index is 12.9. The number of rotatable bonds is 6. The van der Waals surface area contributed by atoms with E-state index in [0.717, 1.165) is 5.69 Å². The van der Waals surface area contributed by atoms with Crippen molar-refractivity contribution < 1.29 is 13.2 Å². The van der Waals surface area contributed by atoms with Crippen LogP contribution in [-0.4, -0.2) is 27.9 Å². The van der Waals surface area contributed by atoms with Gasteiger partial charge in [-0.1, -0.05) is 36.4 Å². The fourth-order valence-corrected chi connectivity index (χ4v) is 4.44. The van der Waals surface area contributed by atoms with Crippen LogP contribution in [0, 0.1) is 0 Å². The zero-order valence-electron chi connectivity index (χ0n) is 15.8. The summed E-state index contributed by atoms with van der Waals surface area (Å²) in [6.07, 6.45) is 0. The molecule has 6 heteroatoms. The van der Waals surface area contributed by atoms with E-state index in [1.54, 1.807) is 73.5 Å². The van der Waals surface area contributed by atoms with Gasteiger partial charge in [-0.25, -0.2) is 8.42 Å². The second-order valence-corrected chi connectivity index (χ2v) is 8.09. The van der Waals surface area contributed by atoms with Crippen LogP contribution >= 0.6 is 0 Å². The topological polar surface area (TPSA) is 57.7 Å². The van der Waals surface area contributed by atoms with Crippen molar-refractivity contribution in [3.05, 3.63) is 90.5 Å². The number of nitrogens with zero attached hydrogens (tertiary/aromatic N) is 2. The Balaban J connectivity index is 1.86. The molecule has 0 aromatic heterocycles. The Morgan fingerprint density at radius 3 is 1.86 bits per heavy atom. The predicted molar refractivity (Wildman–Crippen MR) is 112 cm³/mol. The minimum atomic E-state index is -3.66. The molecule has 1 amide bonds. The maximum atomic E-state index is 12.9. The number of benzene rings is 3. The normalized spacial score (nSPS) is 11.1. The Bertz CT molecular complexity index is 1030. The van der Waals surface area contributed by atoms with E-state index in [-0.39, 0.29) is 17.3 Å². The first kappa shape index (κ1) is 19.6. The molecule has 0 atom stereocenters. The summed E-state index contributed by atoms with van der Waals surface area (Å²) in [4.78, 5) is 14.5. The first-order chi connectivity index (χ1) is 13.4. The van der Waals surface area contributed by atoms with Crippen molar-refractivity contribution in [2.75, 3.05) is 22.8 Å². The van der Waals surface area contributed by atoms with E-state index in [1.165, 1.54) is 4.31 Å². The maximum Gasteiger partial charge on any atom is 0.264 e. The molecule has 0 aliphatic rings. The zero-order valence-corrected chi connectivity index (χ0v) is 16.6. The smallest absolute Gasteiger partial charge is 0.264 e. The molecular weight excluding hydrogens is 372 g/mol. The summed E-state index contributed by atoms with van der Waals surface area (Å²) < 4.78 is 27.2. The van der Waals surface area contributed by atoms with Crippen LogP contribution < -0.4 is 9.21 Å². The van der Waals surface area contributed by atoms with E-state index in [0.29, 0.717) is 11.3 Å². The molecule has 0 bridgehead atoms. The molecule has 3 aromatic carbocycles. The van der Waals surface area contributed by atoms with E-state index < -0.39 is 10.0 Å². The second kappa shape index (κ2) is 8.27. The van der Waals surface area contributed by atoms with Crippen LogP contribution in [0.1, 0.15) is 17.3 Å². The predicted octanol–water partition coefficient (Wildman–Crippen LogP) is 4.18. The van der Waals surface area contributed by atoms with Crippen molar-refractivity contribution in [1.82, 2.24) is 0 Å². The molecule has 28 heavy (non-hydrogen) atoms. The largest absolute Gasteiger partial charge is 0.311 e. The molecule has 0 N–H and O–H groups in total. The minimum Gasteiger partial charge on any atom is -0.311 e. The average molecular weight is 394 g/mol. The zero-order chi connectivity index (χ0) is 20.1. The molecule has 0 heterocycles. The van der Waals surface area contributed by atoms with Crippen LogP contribution in [0.25, 0.3) is 0 Å². The van der Waals surface area contributed by atoms with Crippen molar-refractivity contribution in [1.29, 1.82) is 0 Å². The average Bonchev–Trinajstić information content (AvgIpc) is 2.75. The van der Waals surface area contributed by atoms with Crippen molar-refractivity contribution in [3.63, 3.8) is 0 Å². The van der Waals surface area contributed by atoms with Gasteiger partial charge in [-0.3, -0.25) is 9.10 Å². The van der Waals surface area contributed by atoms with Gasteiger partial charge in [0.15, 0.2) is 0 Å². The highest BCUT2D eigenvalue weighted by atomic mass is 32.2. The molecule has 5 nitrogen and oxygen atoms in total. The molecule has 0 aliphatic carbocycles. The number of carbonyl (C=O) groups excluding carboxylic acids is 1. The van der Waals surface area contributed by atoms with Crippen molar-refractivity contribution >= 4 is 27.3 Å². The number of carbonyl (C=O) groups is 1. The second-order valence-electron chi connectivity index (χ2n) is 6.23. The van der Waals surface area contributed by atoms with Crippen molar-refractivity contribution in [2.45, 2.75) is 11.8 Å². The van der Waals surface area contributed by atoms with Gasteiger partial charge in [0.2, 0.25) is 0 Å². The minimum absolute atomic E-state index is 0.160. The fraction of sp³-hybridized carbons (Fsp3) is 0.136. The summed E-state index contributed by atoms with van der Waals surface area (Å²) >= 11 is 0. The molecule has 0 fully saturated rings. The molecule has 3 rings (SSSR count). The Morgan fingerprint density at radius 2 is 1.32 bits per heavy atom. The van der Waals surface area contributed by atoms with Gasteiger partial charge in [-0.2, -0.15) is 0 Å². The van der Waals surface area contributed by atoms with Crippen LogP contribution in [0.3, 0.4) is 0 Å². The summed E-state index contributed by atoms with van der Waals surface area (Å²) in [6, 6.07) is 24.3. The van der Waals surface area contributed by atoms with E-state index >= 15 is 0 Å². The van der Waals surface area contributed by atoms with Gasteiger partial charge in [0, 0.05) is 24.8 Å². The quantitative estimate of drug-likeness (QED) is 0.630. The van der Waals surface area contributed by atoms with E-state index in [1.807, 2.05) is 30.3 Å². The number of sulfonamides is 1. The van der Waals surface area contributed by atoms with Crippen molar-refractivity contribution in [3.8, 4) is 0 Å². The first-order valence-corrected chi connectivity index (χ1v) is 10.4. The summed E-state index contributed by atoms with van der Waals surface area (Å²) in [6.45, 7) is 2.07. The van der Waals surface area contributed by atoms with Crippen molar-refractivity contribution in [2.24, 2.45) is 0 Å².